The second kappa shape index (κ2) is 5.71. The molecule has 0 spiro atoms. The van der Waals surface area contributed by atoms with Gasteiger partial charge in [-0.05, 0) is 37.3 Å². The molecule has 0 aliphatic rings. The maximum Gasteiger partial charge on any atom is 0.224 e. The summed E-state index contributed by atoms with van der Waals surface area (Å²) in [4.78, 5) is 12.5. The van der Waals surface area contributed by atoms with Crippen molar-refractivity contribution >= 4 is 55.2 Å². The number of rotatable bonds is 3. The highest BCUT2D eigenvalue weighted by atomic mass is 79.9. The molecule has 3 aromatic rings. The van der Waals surface area contributed by atoms with Crippen molar-refractivity contribution in [2.45, 2.75) is 16.8 Å². The Morgan fingerprint density at radius 2 is 1.95 bits per heavy atom. The third kappa shape index (κ3) is 2.82. The Labute approximate surface area is 134 Å². The van der Waals surface area contributed by atoms with Crippen LogP contribution in [-0.2, 0) is 0 Å². The van der Waals surface area contributed by atoms with E-state index in [9.17, 15) is 0 Å². The smallest absolute Gasteiger partial charge is 0.224 e. The molecule has 0 amide bonds. The summed E-state index contributed by atoms with van der Waals surface area (Å²) in [5, 5.41) is 5.14. The number of fused-ring (bicyclic) bond motifs is 1. The Bertz CT molecular complexity index is 753. The van der Waals surface area contributed by atoms with E-state index < -0.39 is 0 Å². The lowest BCUT2D eigenvalue weighted by Gasteiger charge is -2.05. The van der Waals surface area contributed by atoms with Crippen LogP contribution in [0.5, 0.6) is 0 Å². The Balaban J connectivity index is 2.06. The van der Waals surface area contributed by atoms with Gasteiger partial charge in [0.2, 0.25) is 5.95 Å². The number of benzene rings is 1. The Kier molecular flexibility index (Phi) is 3.96. The fourth-order valence-electron chi connectivity index (χ4n) is 1.82. The molecule has 1 aromatic carbocycles. The van der Waals surface area contributed by atoms with Crippen molar-refractivity contribution in [2.24, 2.45) is 0 Å². The Morgan fingerprint density at radius 1 is 1.20 bits per heavy atom. The van der Waals surface area contributed by atoms with Gasteiger partial charge in [0.05, 0.1) is 0 Å². The van der Waals surface area contributed by atoms with Crippen LogP contribution in [-0.4, -0.2) is 17.0 Å². The number of anilines is 1. The van der Waals surface area contributed by atoms with Gasteiger partial charge in [0.15, 0.2) is 0 Å². The lowest BCUT2D eigenvalue weighted by molar-refractivity contribution is 1.10. The highest BCUT2D eigenvalue weighted by molar-refractivity contribution is 9.10. The topological polar surface area (TPSA) is 37.8 Å². The van der Waals surface area contributed by atoms with Crippen LogP contribution in [0.2, 0.25) is 0 Å². The normalized spacial score (nSPS) is 10.9. The molecule has 3 rings (SSSR count). The average Bonchev–Trinajstić information content (AvgIpc) is 2.81. The molecule has 1 N–H and O–H groups in total. The van der Waals surface area contributed by atoms with Crippen molar-refractivity contribution < 1.29 is 0 Å². The summed E-state index contributed by atoms with van der Waals surface area (Å²) in [5.41, 5.74) is 0. The summed E-state index contributed by atoms with van der Waals surface area (Å²) in [6, 6.07) is 10.4. The molecule has 6 heteroatoms. The number of aromatic nitrogens is 2. The average molecular weight is 366 g/mol. The van der Waals surface area contributed by atoms with Gasteiger partial charge in [-0.3, -0.25) is 0 Å². The minimum atomic E-state index is 0.666. The van der Waals surface area contributed by atoms with E-state index in [1.165, 1.54) is 9.77 Å². The fraction of sp³-hybridized carbons (Fsp3) is 0.143. The molecular formula is C14H12BrN3S2. The van der Waals surface area contributed by atoms with Crippen molar-refractivity contribution in [1.29, 1.82) is 0 Å². The second-order valence-corrected chi connectivity index (χ2v) is 7.45. The van der Waals surface area contributed by atoms with E-state index >= 15 is 0 Å². The number of hydrogen-bond donors (Lipinski definition) is 1. The number of hydrogen-bond acceptors (Lipinski definition) is 5. The van der Waals surface area contributed by atoms with E-state index in [-0.39, 0.29) is 0 Å². The standard InChI is InChI=1S/C14H12BrN3S2/c1-8-7-11-12(19-8)17-14(16-2)18-13(11)20-10-5-3-9(15)4-6-10/h3-7H,1-2H3,(H,16,17,18). The van der Waals surface area contributed by atoms with Gasteiger partial charge in [-0.2, -0.15) is 0 Å². The minimum Gasteiger partial charge on any atom is -0.357 e. The van der Waals surface area contributed by atoms with Crippen LogP contribution < -0.4 is 5.32 Å². The van der Waals surface area contributed by atoms with Crippen LogP contribution >= 0.6 is 39.0 Å². The minimum absolute atomic E-state index is 0.666. The summed E-state index contributed by atoms with van der Waals surface area (Å²) in [6.45, 7) is 2.10. The van der Waals surface area contributed by atoms with Crippen LogP contribution in [0.3, 0.4) is 0 Å². The van der Waals surface area contributed by atoms with Crippen molar-refractivity contribution in [3.05, 3.63) is 39.7 Å². The zero-order valence-electron chi connectivity index (χ0n) is 11.0. The van der Waals surface area contributed by atoms with E-state index in [0.29, 0.717) is 5.95 Å². The first-order valence-electron chi connectivity index (χ1n) is 6.05. The van der Waals surface area contributed by atoms with E-state index in [4.69, 9.17) is 0 Å². The van der Waals surface area contributed by atoms with Gasteiger partial charge in [0.25, 0.3) is 0 Å². The molecule has 0 saturated heterocycles. The molecule has 20 heavy (non-hydrogen) atoms. The second-order valence-electron chi connectivity index (χ2n) is 4.23. The van der Waals surface area contributed by atoms with Gasteiger partial charge in [-0.25, -0.2) is 9.97 Å². The van der Waals surface area contributed by atoms with Crippen molar-refractivity contribution in [3.8, 4) is 0 Å². The predicted molar refractivity (Wildman–Crippen MR) is 90.0 cm³/mol. The van der Waals surface area contributed by atoms with Gasteiger partial charge in [-0.1, -0.05) is 27.7 Å². The van der Waals surface area contributed by atoms with Crippen LogP contribution in [0.15, 0.2) is 44.7 Å². The maximum absolute atomic E-state index is 4.59. The Hall–Kier alpha value is -1.11. The zero-order valence-corrected chi connectivity index (χ0v) is 14.2. The van der Waals surface area contributed by atoms with E-state index in [1.807, 2.05) is 19.2 Å². The fourth-order valence-corrected chi connectivity index (χ4v) is 3.92. The summed E-state index contributed by atoms with van der Waals surface area (Å²) >= 11 is 6.81. The molecule has 0 saturated carbocycles. The first kappa shape index (κ1) is 13.9. The van der Waals surface area contributed by atoms with Gasteiger partial charge in [0, 0.05) is 26.7 Å². The summed E-state index contributed by atoms with van der Waals surface area (Å²) in [6.07, 6.45) is 0. The first-order chi connectivity index (χ1) is 9.65. The number of halogens is 1. The molecule has 102 valence electrons. The van der Waals surface area contributed by atoms with Crippen LogP contribution in [0.1, 0.15) is 4.88 Å². The lowest BCUT2D eigenvalue weighted by Crippen LogP contribution is -1.96. The van der Waals surface area contributed by atoms with Gasteiger partial charge < -0.3 is 5.32 Å². The molecule has 0 aliphatic heterocycles. The van der Waals surface area contributed by atoms with Crippen LogP contribution in [0, 0.1) is 6.92 Å². The van der Waals surface area contributed by atoms with Gasteiger partial charge in [0.1, 0.15) is 9.86 Å². The number of thiophene rings is 1. The third-order valence-corrected chi connectivity index (χ3v) is 5.22. The predicted octanol–water partition coefficient (Wildman–Crippen LogP) is 4.96. The molecule has 3 nitrogen and oxygen atoms in total. The molecule has 2 heterocycles. The molecule has 2 aromatic heterocycles. The molecule has 0 radical (unpaired) electrons. The van der Waals surface area contributed by atoms with Gasteiger partial charge in [-0.15, -0.1) is 11.3 Å². The van der Waals surface area contributed by atoms with Crippen molar-refractivity contribution in [3.63, 3.8) is 0 Å². The molecule has 0 atom stereocenters. The molecule has 0 aliphatic carbocycles. The molecular weight excluding hydrogens is 354 g/mol. The summed E-state index contributed by atoms with van der Waals surface area (Å²) in [7, 11) is 1.84. The summed E-state index contributed by atoms with van der Waals surface area (Å²) in [5.74, 6) is 0.666. The van der Waals surface area contributed by atoms with Crippen molar-refractivity contribution in [2.75, 3.05) is 12.4 Å². The van der Waals surface area contributed by atoms with Crippen LogP contribution in [0.25, 0.3) is 10.2 Å². The molecule has 0 fully saturated rings. The largest absolute Gasteiger partial charge is 0.357 e. The number of nitrogens with zero attached hydrogens (tertiary/aromatic N) is 2. The third-order valence-electron chi connectivity index (χ3n) is 2.73. The van der Waals surface area contributed by atoms with Gasteiger partial charge >= 0.3 is 0 Å². The quantitative estimate of drug-likeness (QED) is 0.666. The van der Waals surface area contributed by atoms with Crippen LogP contribution in [0.4, 0.5) is 5.95 Å². The van der Waals surface area contributed by atoms with E-state index in [1.54, 1.807) is 23.1 Å². The van der Waals surface area contributed by atoms with Crippen molar-refractivity contribution in [1.82, 2.24) is 9.97 Å². The molecule has 0 unspecified atom stereocenters. The lowest BCUT2D eigenvalue weighted by atomic mass is 10.4. The SMILES string of the molecule is CNc1nc(Sc2ccc(Br)cc2)c2cc(C)sc2n1. The zero-order chi connectivity index (χ0) is 14.1. The highest BCUT2D eigenvalue weighted by Crippen LogP contribution is 2.36. The summed E-state index contributed by atoms with van der Waals surface area (Å²) < 4.78 is 1.08. The number of aryl methyl sites for hydroxylation is 1. The first-order valence-corrected chi connectivity index (χ1v) is 8.47. The Morgan fingerprint density at radius 3 is 2.65 bits per heavy atom. The molecule has 0 bridgehead atoms. The maximum atomic E-state index is 4.59. The van der Waals surface area contributed by atoms with E-state index in [2.05, 4.69) is 56.3 Å². The highest BCUT2D eigenvalue weighted by Gasteiger charge is 2.11. The van der Waals surface area contributed by atoms with E-state index in [0.717, 1.165) is 19.7 Å². The number of nitrogens with one attached hydrogen (secondary N) is 1. The monoisotopic (exact) mass is 365 g/mol.